The summed E-state index contributed by atoms with van der Waals surface area (Å²) in [7, 11) is 0. The van der Waals surface area contributed by atoms with Gasteiger partial charge in [0.2, 0.25) is 5.69 Å². The molecule has 0 atom stereocenters. The van der Waals surface area contributed by atoms with Gasteiger partial charge in [-0.25, -0.2) is 14.8 Å². The third-order valence-electron chi connectivity index (χ3n) is 5.13. The fourth-order valence-electron chi connectivity index (χ4n) is 3.47. The Hall–Kier alpha value is -4.43. The molecule has 0 amide bonds. The SMILES string of the molecule is [C-]#[N+]c1c(N)nc(SCc2csc(Nc3ccc(OC(F)F)cc3)n2)c(C#N)c1-c1ccc(OCCO)cc1. The van der Waals surface area contributed by atoms with Crippen LogP contribution in [0.1, 0.15) is 11.3 Å². The van der Waals surface area contributed by atoms with Gasteiger partial charge in [0, 0.05) is 22.4 Å². The van der Waals surface area contributed by atoms with Crippen LogP contribution in [0.5, 0.6) is 11.5 Å². The van der Waals surface area contributed by atoms with Crippen molar-refractivity contribution in [3.05, 3.63) is 76.6 Å². The second kappa shape index (κ2) is 12.9. The summed E-state index contributed by atoms with van der Waals surface area (Å²) < 4.78 is 34.4. The van der Waals surface area contributed by atoms with Crippen molar-refractivity contribution in [1.82, 2.24) is 9.97 Å². The minimum Gasteiger partial charge on any atom is -0.491 e. The van der Waals surface area contributed by atoms with Gasteiger partial charge in [0.1, 0.15) is 35.0 Å². The van der Waals surface area contributed by atoms with Gasteiger partial charge in [0.25, 0.3) is 0 Å². The van der Waals surface area contributed by atoms with Crippen molar-refractivity contribution in [2.45, 2.75) is 17.4 Å². The van der Waals surface area contributed by atoms with Crippen LogP contribution in [0.2, 0.25) is 0 Å². The van der Waals surface area contributed by atoms with Crippen LogP contribution in [0, 0.1) is 17.9 Å². The van der Waals surface area contributed by atoms with Crippen molar-refractivity contribution < 1.29 is 23.4 Å². The molecule has 0 saturated carbocycles. The van der Waals surface area contributed by atoms with Crippen LogP contribution in [0.3, 0.4) is 0 Å². The van der Waals surface area contributed by atoms with Crippen molar-refractivity contribution in [3.8, 4) is 28.7 Å². The number of aromatic nitrogens is 2. The van der Waals surface area contributed by atoms with Gasteiger partial charge in [-0.05, 0) is 42.0 Å². The predicted octanol–water partition coefficient (Wildman–Crippen LogP) is 6.22. The van der Waals surface area contributed by atoms with E-state index in [0.29, 0.717) is 38.5 Å². The first-order valence-corrected chi connectivity index (χ1v) is 13.1. The summed E-state index contributed by atoms with van der Waals surface area (Å²) in [5.74, 6) is 0.992. The quantitative estimate of drug-likeness (QED) is 0.143. The average Bonchev–Trinajstić information content (AvgIpc) is 3.38. The molecule has 4 aromatic rings. The first-order valence-electron chi connectivity index (χ1n) is 11.3. The lowest BCUT2D eigenvalue weighted by Crippen LogP contribution is -2.02. The number of nitrogen functional groups attached to an aromatic ring is 1. The molecular formula is C26H20F2N6O3S2. The number of thiazole rings is 1. The number of aliphatic hydroxyl groups is 1. The molecule has 4 N–H and O–H groups in total. The highest BCUT2D eigenvalue weighted by Crippen LogP contribution is 2.42. The number of hydrogen-bond donors (Lipinski definition) is 3. The van der Waals surface area contributed by atoms with E-state index in [0.717, 1.165) is 5.69 Å². The lowest BCUT2D eigenvalue weighted by Gasteiger charge is -2.13. The van der Waals surface area contributed by atoms with Crippen LogP contribution in [0.15, 0.2) is 58.9 Å². The standard InChI is InChI=1S/C26H20F2N6O3S2/c1-31-22-21(15-2-6-18(7-3-15)36-11-10-35)20(12-29)24(34-23(22)30)38-13-17-14-39-26(33-17)32-16-4-8-19(9-5-16)37-25(27)28/h2-9,14,25,35H,10-11,13H2,(H2,30,34)(H,32,33). The Kier molecular flexibility index (Phi) is 9.12. The van der Waals surface area contributed by atoms with Gasteiger partial charge in [-0.1, -0.05) is 23.9 Å². The molecule has 13 heteroatoms. The second-order valence-corrected chi connectivity index (χ2v) is 9.50. The minimum atomic E-state index is -2.89. The van der Waals surface area contributed by atoms with Crippen LogP contribution in [0.4, 0.5) is 31.1 Å². The molecule has 0 fully saturated rings. The zero-order chi connectivity index (χ0) is 27.8. The molecule has 0 radical (unpaired) electrons. The van der Waals surface area contributed by atoms with Crippen LogP contribution < -0.4 is 20.5 Å². The van der Waals surface area contributed by atoms with Crippen molar-refractivity contribution in [3.63, 3.8) is 0 Å². The Morgan fingerprint density at radius 2 is 1.87 bits per heavy atom. The summed E-state index contributed by atoms with van der Waals surface area (Å²) in [5.41, 5.74) is 8.79. The molecule has 0 bridgehead atoms. The number of nitriles is 1. The molecule has 2 aromatic carbocycles. The highest BCUT2D eigenvalue weighted by molar-refractivity contribution is 7.98. The number of anilines is 3. The van der Waals surface area contributed by atoms with Crippen molar-refractivity contribution in [1.29, 1.82) is 5.26 Å². The summed E-state index contributed by atoms with van der Waals surface area (Å²) in [5, 5.41) is 24.9. The van der Waals surface area contributed by atoms with E-state index < -0.39 is 6.61 Å². The minimum absolute atomic E-state index is 0.0157. The van der Waals surface area contributed by atoms with Gasteiger partial charge < -0.3 is 25.6 Å². The maximum Gasteiger partial charge on any atom is 0.387 e. The number of ether oxygens (including phenoxy) is 2. The lowest BCUT2D eigenvalue weighted by atomic mass is 10.00. The zero-order valence-electron chi connectivity index (χ0n) is 20.1. The average molecular weight is 567 g/mol. The number of aliphatic hydroxyl groups excluding tert-OH is 1. The van der Waals surface area contributed by atoms with E-state index >= 15 is 0 Å². The Bertz CT molecular complexity index is 1520. The number of thioether (sulfide) groups is 1. The van der Waals surface area contributed by atoms with Crippen LogP contribution in [-0.2, 0) is 5.75 Å². The van der Waals surface area contributed by atoms with Gasteiger partial charge in [-0.3, -0.25) is 0 Å². The molecule has 2 heterocycles. The van der Waals surface area contributed by atoms with E-state index in [1.807, 2.05) is 5.38 Å². The van der Waals surface area contributed by atoms with E-state index in [2.05, 4.69) is 30.9 Å². The smallest absolute Gasteiger partial charge is 0.387 e. The predicted molar refractivity (Wildman–Crippen MR) is 146 cm³/mol. The van der Waals surface area contributed by atoms with E-state index in [4.69, 9.17) is 22.1 Å². The van der Waals surface area contributed by atoms with Crippen LogP contribution in [0.25, 0.3) is 16.0 Å². The number of nitrogens with one attached hydrogen (secondary N) is 1. The lowest BCUT2D eigenvalue weighted by molar-refractivity contribution is -0.0498. The molecule has 4 rings (SSSR count). The van der Waals surface area contributed by atoms with Crippen LogP contribution >= 0.6 is 23.1 Å². The van der Waals surface area contributed by atoms with Crippen LogP contribution in [-0.4, -0.2) is 34.9 Å². The molecule has 9 nitrogen and oxygen atoms in total. The monoisotopic (exact) mass is 566 g/mol. The van der Waals surface area contributed by atoms with E-state index in [1.165, 1.54) is 35.2 Å². The first kappa shape index (κ1) is 27.6. The van der Waals surface area contributed by atoms with E-state index in [1.54, 1.807) is 36.4 Å². The first-order chi connectivity index (χ1) is 18.9. The highest BCUT2D eigenvalue weighted by atomic mass is 32.2. The maximum absolute atomic E-state index is 12.3. The van der Waals surface area contributed by atoms with Gasteiger partial charge in [0.05, 0.1) is 24.4 Å². The Morgan fingerprint density at radius 3 is 2.51 bits per heavy atom. The van der Waals surface area contributed by atoms with Gasteiger partial charge >= 0.3 is 6.61 Å². The number of pyridine rings is 1. The fraction of sp³-hybridized carbons (Fsp3) is 0.154. The van der Waals surface area contributed by atoms with E-state index in [9.17, 15) is 14.0 Å². The number of nitrogens with two attached hydrogens (primary N) is 1. The number of alkyl halides is 2. The normalized spacial score (nSPS) is 10.6. The summed E-state index contributed by atoms with van der Waals surface area (Å²) in [6, 6.07) is 15.0. The maximum atomic E-state index is 12.3. The number of benzene rings is 2. The topological polar surface area (TPSA) is 131 Å². The number of hydrogen-bond acceptors (Lipinski definition) is 10. The van der Waals surface area contributed by atoms with Crippen molar-refractivity contribution in [2.75, 3.05) is 24.3 Å². The molecule has 0 aliphatic rings. The van der Waals surface area contributed by atoms with Gasteiger partial charge in [-0.15, -0.1) is 11.3 Å². The fourth-order valence-corrected chi connectivity index (χ4v) is 5.19. The molecule has 198 valence electrons. The molecule has 0 aliphatic heterocycles. The number of rotatable bonds is 11. The Morgan fingerprint density at radius 1 is 1.15 bits per heavy atom. The summed E-state index contributed by atoms with van der Waals surface area (Å²) >= 11 is 2.62. The number of nitrogens with zero attached hydrogens (tertiary/aromatic N) is 4. The largest absolute Gasteiger partial charge is 0.491 e. The molecule has 0 spiro atoms. The molecular weight excluding hydrogens is 546 g/mol. The molecule has 0 saturated heterocycles. The number of halogens is 2. The van der Waals surface area contributed by atoms with Crippen molar-refractivity contribution in [2.24, 2.45) is 0 Å². The van der Waals surface area contributed by atoms with Gasteiger partial charge in [-0.2, -0.15) is 14.0 Å². The summed E-state index contributed by atoms with van der Waals surface area (Å²) in [6.07, 6.45) is 0. The zero-order valence-corrected chi connectivity index (χ0v) is 21.7. The summed E-state index contributed by atoms with van der Waals surface area (Å²) in [4.78, 5) is 12.4. The van der Waals surface area contributed by atoms with Gasteiger partial charge in [0.15, 0.2) is 5.13 Å². The van der Waals surface area contributed by atoms with E-state index in [-0.39, 0.29) is 36.0 Å². The second-order valence-electron chi connectivity index (χ2n) is 7.68. The molecule has 39 heavy (non-hydrogen) atoms. The molecule has 0 aliphatic carbocycles. The highest BCUT2D eigenvalue weighted by Gasteiger charge is 2.21. The van der Waals surface area contributed by atoms with Crippen molar-refractivity contribution >= 4 is 45.4 Å². The summed E-state index contributed by atoms with van der Waals surface area (Å²) in [6.45, 7) is 4.74. The molecule has 2 aromatic heterocycles. The third-order valence-corrected chi connectivity index (χ3v) is 6.95. The Labute approximate surface area is 230 Å². The third kappa shape index (κ3) is 6.91. The Balaban J connectivity index is 1.52. The molecule has 0 unspecified atom stereocenters.